The number of hydrogen-bond donors (Lipinski definition) is 1. The molecule has 0 fully saturated rings. The average Bonchev–Trinajstić information content (AvgIpc) is 2.60. The Labute approximate surface area is 152 Å². The van der Waals surface area contributed by atoms with Crippen molar-refractivity contribution in [2.24, 2.45) is 0 Å². The molecule has 0 aliphatic carbocycles. The van der Waals surface area contributed by atoms with E-state index in [2.05, 4.69) is 10.3 Å². The van der Waals surface area contributed by atoms with E-state index in [1.165, 1.54) is 28.7 Å². The fourth-order valence-electron chi connectivity index (χ4n) is 2.10. The first-order chi connectivity index (χ1) is 11.8. The molecule has 0 aliphatic heterocycles. The van der Waals surface area contributed by atoms with E-state index in [4.69, 9.17) is 11.6 Å². The fraction of sp³-hybridized carbons (Fsp3) is 0.294. The van der Waals surface area contributed by atoms with E-state index in [9.17, 15) is 13.2 Å². The number of hydrogen-bond acceptors (Lipinski definition) is 4. The van der Waals surface area contributed by atoms with Crippen LogP contribution in [-0.4, -0.2) is 37.2 Å². The molecular formula is C17H20ClN3O3S. The van der Waals surface area contributed by atoms with E-state index in [1.807, 2.05) is 6.92 Å². The van der Waals surface area contributed by atoms with Crippen LogP contribution in [0, 0.1) is 0 Å². The summed E-state index contributed by atoms with van der Waals surface area (Å²) in [4.78, 5) is 16.2. The van der Waals surface area contributed by atoms with E-state index >= 15 is 0 Å². The van der Waals surface area contributed by atoms with Crippen LogP contribution in [0.15, 0.2) is 47.5 Å². The quantitative estimate of drug-likeness (QED) is 0.745. The van der Waals surface area contributed by atoms with Crippen molar-refractivity contribution in [3.8, 4) is 0 Å². The molecule has 0 saturated carbocycles. The van der Waals surface area contributed by atoms with Crippen molar-refractivity contribution in [1.29, 1.82) is 0 Å². The Morgan fingerprint density at radius 2 is 1.88 bits per heavy atom. The summed E-state index contributed by atoms with van der Waals surface area (Å²) >= 11 is 5.69. The van der Waals surface area contributed by atoms with Crippen LogP contribution in [0.4, 0.5) is 5.69 Å². The van der Waals surface area contributed by atoms with Gasteiger partial charge in [-0.15, -0.1) is 0 Å². The first-order valence-corrected chi connectivity index (χ1v) is 9.65. The standard InChI is InChI=1S/C17H20ClN3O3S/c1-3-4-11-21(2)25(23,24)15-8-6-14(7-9-15)20-17(22)13-5-10-16(18)19-12-13/h5-10,12H,3-4,11H2,1-2H3,(H,20,22). The lowest BCUT2D eigenvalue weighted by molar-refractivity contribution is 0.102. The third kappa shape index (κ3) is 5.01. The zero-order valence-corrected chi connectivity index (χ0v) is 15.6. The molecule has 0 radical (unpaired) electrons. The third-order valence-electron chi connectivity index (χ3n) is 3.64. The number of carbonyl (C=O) groups excluding carboxylic acids is 1. The zero-order valence-electron chi connectivity index (χ0n) is 14.1. The largest absolute Gasteiger partial charge is 0.322 e. The van der Waals surface area contributed by atoms with Crippen LogP contribution in [0.3, 0.4) is 0 Å². The number of anilines is 1. The predicted molar refractivity (Wildman–Crippen MR) is 98.4 cm³/mol. The van der Waals surface area contributed by atoms with E-state index in [-0.39, 0.29) is 10.8 Å². The first kappa shape index (κ1) is 19.4. The minimum absolute atomic E-state index is 0.192. The number of halogens is 1. The topological polar surface area (TPSA) is 79.4 Å². The molecule has 0 atom stereocenters. The third-order valence-corrected chi connectivity index (χ3v) is 5.73. The average molecular weight is 382 g/mol. The molecule has 1 amide bonds. The second-order valence-corrected chi connectivity index (χ2v) is 7.96. The van der Waals surface area contributed by atoms with Crippen molar-refractivity contribution in [2.45, 2.75) is 24.7 Å². The van der Waals surface area contributed by atoms with Gasteiger partial charge in [0.15, 0.2) is 0 Å². The number of unbranched alkanes of at least 4 members (excludes halogenated alkanes) is 1. The number of nitrogens with one attached hydrogen (secondary N) is 1. The van der Waals surface area contributed by atoms with Gasteiger partial charge in [0.2, 0.25) is 10.0 Å². The highest BCUT2D eigenvalue weighted by Crippen LogP contribution is 2.18. The van der Waals surface area contributed by atoms with Gasteiger partial charge < -0.3 is 5.32 Å². The molecule has 8 heteroatoms. The van der Waals surface area contributed by atoms with Gasteiger partial charge in [0.1, 0.15) is 5.15 Å². The highest BCUT2D eigenvalue weighted by Gasteiger charge is 2.20. The molecule has 2 aromatic rings. The van der Waals surface area contributed by atoms with Crippen molar-refractivity contribution >= 4 is 33.2 Å². The normalized spacial score (nSPS) is 11.5. The van der Waals surface area contributed by atoms with Gasteiger partial charge in [0.05, 0.1) is 10.5 Å². The smallest absolute Gasteiger partial charge is 0.257 e. The molecule has 1 aromatic carbocycles. The number of benzene rings is 1. The van der Waals surface area contributed by atoms with Crippen LogP contribution in [0.5, 0.6) is 0 Å². The molecule has 0 bridgehead atoms. The molecule has 25 heavy (non-hydrogen) atoms. The van der Waals surface area contributed by atoms with Gasteiger partial charge in [-0.05, 0) is 42.8 Å². The van der Waals surface area contributed by atoms with Gasteiger partial charge in [-0.25, -0.2) is 17.7 Å². The number of rotatable bonds is 7. The van der Waals surface area contributed by atoms with Crippen molar-refractivity contribution in [1.82, 2.24) is 9.29 Å². The predicted octanol–water partition coefficient (Wildman–Crippen LogP) is 3.41. The SMILES string of the molecule is CCCCN(C)S(=O)(=O)c1ccc(NC(=O)c2ccc(Cl)nc2)cc1. The van der Waals surface area contributed by atoms with E-state index in [1.54, 1.807) is 25.2 Å². The minimum atomic E-state index is -3.52. The van der Waals surface area contributed by atoms with Crippen molar-refractivity contribution in [2.75, 3.05) is 18.9 Å². The summed E-state index contributed by atoms with van der Waals surface area (Å²) in [5, 5.41) is 2.99. The molecule has 0 saturated heterocycles. The van der Waals surface area contributed by atoms with Crippen LogP contribution >= 0.6 is 11.6 Å². The number of carbonyl (C=O) groups is 1. The second kappa shape index (κ2) is 8.42. The highest BCUT2D eigenvalue weighted by molar-refractivity contribution is 7.89. The van der Waals surface area contributed by atoms with E-state index < -0.39 is 10.0 Å². The monoisotopic (exact) mass is 381 g/mol. The molecule has 134 valence electrons. The first-order valence-electron chi connectivity index (χ1n) is 7.84. The number of amides is 1. The lowest BCUT2D eigenvalue weighted by Gasteiger charge is -2.17. The number of nitrogens with zero attached hydrogens (tertiary/aromatic N) is 2. The van der Waals surface area contributed by atoms with Gasteiger partial charge in [0.25, 0.3) is 5.91 Å². The van der Waals surface area contributed by atoms with Crippen LogP contribution in [0.25, 0.3) is 0 Å². The Kier molecular flexibility index (Phi) is 6.52. The number of pyridine rings is 1. The Hall–Kier alpha value is -1.96. The lowest BCUT2D eigenvalue weighted by Crippen LogP contribution is -2.27. The molecular weight excluding hydrogens is 362 g/mol. The van der Waals surface area contributed by atoms with Gasteiger partial charge in [-0.2, -0.15) is 0 Å². The van der Waals surface area contributed by atoms with Crippen LogP contribution in [-0.2, 0) is 10.0 Å². The molecule has 0 aliphatic rings. The maximum Gasteiger partial charge on any atom is 0.257 e. The number of aromatic nitrogens is 1. The summed E-state index contributed by atoms with van der Waals surface area (Å²) in [7, 11) is -1.95. The minimum Gasteiger partial charge on any atom is -0.322 e. The summed E-state index contributed by atoms with van der Waals surface area (Å²) in [6.07, 6.45) is 3.10. The van der Waals surface area contributed by atoms with Crippen LogP contribution in [0.2, 0.25) is 5.15 Å². The summed E-state index contributed by atoms with van der Waals surface area (Å²) in [5.41, 5.74) is 0.857. The number of sulfonamides is 1. The summed E-state index contributed by atoms with van der Waals surface area (Å²) < 4.78 is 26.2. The van der Waals surface area contributed by atoms with Crippen LogP contribution < -0.4 is 5.32 Å². The van der Waals surface area contributed by atoms with Gasteiger partial charge in [-0.1, -0.05) is 24.9 Å². The van der Waals surface area contributed by atoms with Crippen molar-refractivity contribution in [3.05, 3.63) is 53.3 Å². The fourth-order valence-corrected chi connectivity index (χ4v) is 3.43. The molecule has 2 rings (SSSR count). The maximum absolute atomic E-state index is 12.4. The molecule has 0 unspecified atom stereocenters. The Morgan fingerprint density at radius 3 is 2.44 bits per heavy atom. The Balaban J connectivity index is 2.09. The lowest BCUT2D eigenvalue weighted by atomic mass is 10.2. The van der Waals surface area contributed by atoms with E-state index in [0.717, 1.165) is 12.8 Å². The summed E-state index contributed by atoms with van der Waals surface area (Å²) in [6, 6.07) is 9.16. The van der Waals surface area contributed by atoms with Gasteiger partial charge >= 0.3 is 0 Å². The maximum atomic E-state index is 12.4. The summed E-state index contributed by atoms with van der Waals surface area (Å²) in [6.45, 7) is 2.48. The van der Waals surface area contributed by atoms with Crippen molar-refractivity contribution in [3.63, 3.8) is 0 Å². The van der Waals surface area contributed by atoms with E-state index in [0.29, 0.717) is 22.9 Å². The van der Waals surface area contributed by atoms with Gasteiger partial charge in [0, 0.05) is 25.5 Å². The molecule has 6 nitrogen and oxygen atoms in total. The van der Waals surface area contributed by atoms with Crippen molar-refractivity contribution < 1.29 is 13.2 Å². The van der Waals surface area contributed by atoms with Gasteiger partial charge in [-0.3, -0.25) is 4.79 Å². The molecule has 0 spiro atoms. The van der Waals surface area contributed by atoms with Crippen LogP contribution in [0.1, 0.15) is 30.1 Å². The Bertz CT molecular complexity index is 821. The zero-order chi connectivity index (χ0) is 18.4. The molecule has 1 N–H and O–H groups in total. The summed E-state index contributed by atoms with van der Waals surface area (Å²) in [5.74, 6) is -0.347. The highest BCUT2D eigenvalue weighted by atomic mass is 35.5. The second-order valence-electron chi connectivity index (χ2n) is 5.53. The Morgan fingerprint density at radius 1 is 1.20 bits per heavy atom. The molecule has 1 aromatic heterocycles. The molecule has 1 heterocycles.